The summed E-state index contributed by atoms with van der Waals surface area (Å²) in [6.07, 6.45) is 6.67. The SMILES string of the molecule is C=C1C=C(c2ccccc2)N(c2ccc(C3CCC(C(=C)P(=O)(O)O)CC3)cc2)c2ncnc(Cl)c21. The van der Waals surface area contributed by atoms with Gasteiger partial charge >= 0.3 is 7.60 Å². The first kappa shape index (κ1) is 24.7. The molecular formula is C28H27ClN3O3P. The van der Waals surface area contributed by atoms with E-state index in [-0.39, 0.29) is 11.2 Å². The van der Waals surface area contributed by atoms with Crippen LogP contribution in [0.3, 0.4) is 0 Å². The van der Waals surface area contributed by atoms with E-state index >= 15 is 0 Å². The van der Waals surface area contributed by atoms with Crippen LogP contribution in [-0.2, 0) is 4.57 Å². The Kier molecular flexibility index (Phi) is 6.71. The van der Waals surface area contributed by atoms with Crippen LogP contribution in [0, 0.1) is 5.92 Å². The van der Waals surface area contributed by atoms with Gasteiger partial charge in [0.2, 0.25) is 0 Å². The average molecular weight is 520 g/mol. The average Bonchev–Trinajstić information content (AvgIpc) is 2.88. The quantitative estimate of drug-likeness (QED) is 0.271. The maximum absolute atomic E-state index is 11.6. The van der Waals surface area contributed by atoms with E-state index in [9.17, 15) is 14.4 Å². The molecule has 6 nitrogen and oxygen atoms in total. The Balaban J connectivity index is 1.44. The van der Waals surface area contributed by atoms with Crippen molar-refractivity contribution in [2.75, 3.05) is 4.90 Å². The van der Waals surface area contributed by atoms with Crippen molar-refractivity contribution in [3.8, 4) is 0 Å². The van der Waals surface area contributed by atoms with Crippen molar-refractivity contribution >= 4 is 42.0 Å². The Labute approximate surface area is 215 Å². The zero-order valence-electron chi connectivity index (χ0n) is 19.7. The number of hydrogen-bond donors (Lipinski definition) is 2. The van der Waals surface area contributed by atoms with Crippen LogP contribution in [0.15, 0.2) is 85.5 Å². The number of halogens is 1. The first-order valence-corrected chi connectivity index (χ1v) is 13.8. The Morgan fingerprint density at radius 2 is 1.67 bits per heavy atom. The van der Waals surface area contributed by atoms with Crippen LogP contribution in [0.2, 0.25) is 5.15 Å². The lowest BCUT2D eigenvalue weighted by Crippen LogP contribution is -2.22. The molecule has 0 unspecified atom stereocenters. The molecule has 1 fully saturated rings. The van der Waals surface area contributed by atoms with Gasteiger partial charge in [-0.25, -0.2) is 9.97 Å². The standard InChI is InChI=1S/C28H27ClN3O3P/c1-18-16-25(23-6-4-3-5-7-23)32(28-26(18)27(29)30-17-31-28)24-14-12-22(13-15-24)21-10-8-20(9-11-21)19(2)36(33,34)35/h3-7,12-17,20-21H,1-2,8-11H2,(H2,33,34,35). The molecule has 0 saturated heterocycles. The zero-order valence-corrected chi connectivity index (χ0v) is 21.4. The second-order valence-corrected chi connectivity index (χ2v) is 11.3. The van der Waals surface area contributed by atoms with Crippen molar-refractivity contribution in [2.24, 2.45) is 5.92 Å². The van der Waals surface area contributed by atoms with Gasteiger partial charge in [0.1, 0.15) is 17.3 Å². The zero-order chi connectivity index (χ0) is 25.4. The fourth-order valence-corrected chi connectivity index (χ4v) is 6.18. The molecule has 2 N–H and O–H groups in total. The predicted molar refractivity (Wildman–Crippen MR) is 145 cm³/mol. The van der Waals surface area contributed by atoms with Crippen molar-refractivity contribution in [1.82, 2.24) is 9.97 Å². The van der Waals surface area contributed by atoms with Gasteiger partial charge in [0.25, 0.3) is 0 Å². The van der Waals surface area contributed by atoms with Crippen LogP contribution in [0.25, 0.3) is 11.3 Å². The number of aromatic nitrogens is 2. The minimum atomic E-state index is -4.24. The van der Waals surface area contributed by atoms with Gasteiger partial charge < -0.3 is 9.79 Å². The first-order chi connectivity index (χ1) is 17.2. The molecule has 8 heteroatoms. The van der Waals surface area contributed by atoms with Crippen molar-refractivity contribution in [3.05, 3.63) is 107 Å². The van der Waals surface area contributed by atoms with Crippen LogP contribution in [0.4, 0.5) is 11.5 Å². The summed E-state index contributed by atoms with van der Waals surface area (Å²) >= 11 is 6.45. The summed E-state index contributed by atoms with van der Waals surface area (Å²) in [5.41, 5.74) is 5.62. The number of nitrogens with zero attached hydrogens (tertiary/aromatic N) is 3. The van der Waals surface area contributed by atoms with Gasteiger partial charge in [0, 0.05) is 11.0 Å². The molecular weight excluding hydrogens is 493 g/mol. The van der Waals surface area contributed by atoms with Gasteiger partial charge in [0.15, 0.2) is 0 Å². The monoisotopic (exact) mass is 519 g/mol. The molecule has 1 saturated carbocycles. The molecule has 3 aromatic rings. The highest BCUT2D eigenvalue weighted by atomic mass is 35.5. The van der Waals surface area contributed by atoms with E-state index in [4.69, 9.17) is 11.6 Å². The van der Waals surface area contributed by atoms with Gasteiger partial charge in [-0.3, -0.25) is 9.46 Å². The van der Waals surface area contributed by atoms with Crippen molar-refractivity contribution in [3.63, 3.8) is 0 Å². The van der Waals surface area contributed by atoms with Gasteiger partial charge in [-0.15, -0.1) is 0 Å². The Bertz CT molecular complexity index is 1390. The van der Waals surface area contributed by atoms with Gasteiger partial charge in [0.05, 0.1) is 11.3 Å². The summed E-state index contributed by atoms with van der Waals surface area (Å²) in [5, 5.41) is 0.436. The Morgan fingerprint density at radius 3 is 2.31 bits per heavy atom. The highest BCUT2D eigenvalue weighted by molar-refractivity contribution is 7.56. The summed E-state index contributed by atoms with van der Waals surface area (Å²) in [6, 6.07) is 18.5. The lowest BCUT2D eigenvalue weighted by Gasteiger charge is -2.33. The molecule has 0 amide bonds. The fourth-order valence-electron chi connectivity index (χ4n) is 5.19. The van der Waals surface area contributed by atoms with Crippen molar-refractivity contribution < 1.29 is 14.4 Å². The summed E-state index contributed by atoms with van der Waals surface area (Å²) in [7, 11) is -4.24. The van der Waals surface area contributed by atoms with E-state index in [2.05, 4.69) is 64.4 Å². The third-order valence-corrected chi connectivity index (χ3v) is 8.53. The van der Waals surface area contributed by atoms with E-state index in [1.165, 1.54) is 11.9 Å². The molecule has 184 valence electrons. The summed E-state index contributed by atoms with van der Waals surface area (Å²) in [6.45, 7) is 7.88. The number of hydrogen-bond acceptors (Lipinski definition) is 4. The topological polar surface area (TPSA) is 86.6 Å². The molecule has 0 atom stereocenters. The minimum Gasteiger partial charge on any atom is -0.321 e. The Morgan fingerprint density at radius 1 is 1.00 bits per heavy atom. The molecule has 1 aliphatic heterocycles. The lowest BCUT2D eigenvalue weighted by molar-refractivity contribution is 0.341. The first-order valence-electron chi connectivity index (χ1n) is 11.9. The molecule has 36 heavy (non-hydrogen) atoms. The predicted octanol–water partition coefficient (Wildman–Crippen LogP) is 7.30. The molecule has 0 radical (unpaired) electrons. The summed E-state index contributed by atoms with van der Waals surface area (Å²) in [4.78, 5) is 29.7. The van der Waals surface area contributed by atoms with Gasteiger partial charge in [-0.2, -0.15) is 0 Å². The third-order valence-electron chi connectivity index (χ3n) is 7.13. The molecule has 5 rings (SSSR count). The smallest absolute Gasteiger partial charge is 0.321 e. The molecule has 2 aromatic carbocycles. The largest absolute Gasteiger partial charge is 0.351 e. The molecule has 0 bridgehead atoms. The number of anilines is 2. The van der Waals surface area contributed by atoms with Crippen LogP contribution in [0.5, 0.6) is 0 Å². The lowest BCUT2D eigenvalue weighted by atomic mass is 9.78. The number of benzene rings is 2. The molecule has 2 aliphatic rings. The van der Waals surface area contributed by atoms with Crippen molar-refractivity contribution in [1.29, 1.82) is 0 Å². The Hall–Kier alpha value is -3.02. The highest BCUT2D eigenvalue weighted by Crippen LogP contribution is 2.52. The fraction of sp³-hybridized carbons (Fsp3) is 0.214. The van der Waals surface area contributed by atoms with E-state index in [0.29, 0.717) is 22.5 Å². The third kappa shape index (κ3) is 4.70. The molecule has 1 aliphatic carbocycles. The normalized spacial score (nSPS) is 20.0. The van der Waals surface area contributed by atoms with Gasteiger partial charge in [-0.1, -0.05) is 67.2 Å². The second-order valence-electron chi connectivity index (χ2n) is 9.29. The number of fused-ring (bicyclic) bond motifs is 1. The van der Waals surface area contributed by atoms with E-state index in [0.717, 1.165) is 48.2 Å². The van der Waals surface area contributed by atoms with Crippen LogP contribution < -0.4 is 4.90 Å². The highest BCUT2D eigenvalue weighted by Gasteiger charge is 2.32. The summed E-state index contributed by atoms with van der Waals surface area (Å²) < 4.78 is 11.6. The van der Waals surface area contributed by atoms with Crippen LogP contribution >= 0.6 is 19.2 Å². The minimum absolute atomic E-state index is 0.0718. The molecule has 0 spiro atoms. The molecule has 2 heterocycles. The van der Waals surface area contributed by atoms with Gasteiger partial charge in [-0.05, 0) is 72.4 Å². The molecule has 1 aromatic heterocycles. The van der Waals surface area contributed by atoms with E-state index in [1.54, 1.807) is 0 Å². The maximum Gasteiger partial charge on any atom is 0.351 e. The van der Waals surface area contributed by atoms with Crippen LogP contribution in [-0.4, -0.2) is 19.8 Å². The maximum atomic E-state index is 11.6. The number of rotatable bonds is 5. The second kappa shape index (κ2) is 9.79. The van der Waals surface area contributed by atoms with Crippen LogP contribution in [0.1, 0.15) is 48.3 Å². The van der Waals surface area contributed by atoms with E-state index in [1.807, 2.05) is 24.3 Å². The van der Waals surface area contributed by atoms with E-state index < -0.39 is 7.60 Å². The number of allylic oxidation sites excluding steroid dienone is 3. The van der Waals surface area contributed by atoms with Crippen molar-refractivity contribution in [2.45, 2.75) is 31.6 Å². The summed E-state index contributed by atoms with van der Waals surface area (Å²) in [5.74, 6) is 0.905.